The molecule has 0 N–H and O–H groups in total. The number of likely N-dealkylation sites (N-methyl/N-ethyl adjacent to an activating group) is 2. The Morgan fingerprint density at radius 1 is 0.938 bits per heavy atom. The second-order valence-electron chi connectivity index (χ2n) is 5.57. The molecule has 1 aliphatic rings. The maximum atomic E-state index is 2.61. The molecule has 0 aromatic rings. The maximum absolute atomic E-state index is 2.61. The summed E-state index contributed by atoms with van der Waals surface area (Å²) in [5.41, 5.74) is 0. The third-order valence-electron chi connectivity index (χ3n) is 4.04. The van der Waals surface area contributed by atoms with E-state index in [2.05, 4.69) is 37.9 Å². The van der Waals surface area contributed by atoms with Gasteiger partial charge in [0.25, 0.3) is 0 Å². The molecular weight excluding hydrogens is 196 g/mol. The highest BCUT2D eigenvalue weighted by molar-refractivity contribution is 4.86. The average Bonchev–Trinajstić information content (AvgIpc) is 2.29. The largest absolute Gasteiger partial charge is 0.305 e. The number of hydrogen-bond donors (Lipinski definition) is 0. The Labute approximate surface area is 102 Å². The van der Waals surface area contributed by atoms with Gasteiger partial charge in [-0.15, -0.1) is 0 Å². The highest BCUT2D eigenvalue weighted by Crippen LogP contribution is 2.25. The summed E-state index contributed by atoms with van der Waals surface area (Å²) in [6, 6.07) is 1.57. The zero-order chi connectivity index (χ0) is 12.0. The minimum absolute atomic E-state index is 0.778. The van der Waals surface area contributed by atoms with Gasteiger partial charge in [0.15, 0.2) is 0 Å². The van der Waals surface area contributed by atoms with Crippen molar-refractivity contribution in [1.29, 1.82) is 0 Å². The zero-order valence-corrected chi connectivity index (χ0v) is 11.7. The molecule has 0 aromatic carbocycles. The second-order valence-corrected chi connectivity index (χ2v) is 5.57. The maximum Gasteiger partial charge on any atom is 0.0248 e. The topological polar surface area (TPSA) is 6.48 Å². The molecule has 2 nitrogen and oxygen atoms in total. The second kappa shape index (κ2) is 7.29. The van der Waals surface area contributed by atoms with Crippen molar-refractivity contribution in [1.82, 2.24) is 9.80 Å². The zero-order valence-electron chi connectivity index (χ0n) is 11.7. The van der Waals surface area contributed by atoms with Crippen LogP contribution in [0, 0.1) is 0 Å². The Morgan fingerprint density at radius 2 is 1.56 bits per heavy atom. The first-order valence-electron chi connectivity index (χ1n) is 7.03. The van der Waals surface area contributed by atoms with Crippen LogP contribution in [0.15, 0.2) is 0 Å². The number of nitrogens with zero attached hydrogens (tertiary/aromatic N) is 2. The third kappa shape index (κ3) is 4.06. The lowest BCUT2D eigenvalue weighted by atomic mass is 9.88. The van der Waals surface area contributed by atoms with Gasteiger partial charge in [-0.1, -0.05) is 32.6 Å². The highest BCUT2D eigenvalue weighted by atomic mass is 15.2. The molecule has 0 heterocycles. The molecule has 0 aromatic heterocycles. The standard InChI is InChI=1S/C14H30N2/c1-5-6-9-12-16(4)14-11-8-7-10-13(14)15(2)3/h13-14H,5-12H2,1-4H3/t13-,14-/m1/s1. The molecule has 0 bridgehead atoms. The summed E-state index contributed by atoms with van der Waals surface area (Å²) in [7, 11) is 6.80. The van der Waals surface area contributed by atoms with Gasteiger partial charge < -0.3 is 9.80 Å². The van der Waals surface area contributed by atoms with Crippen LogP contribution in [0.3, 0.4) is 0 Å². The molecule has 1 aliphatic carbocycles. The predicted octanol–water partition coefficient (Wildman–Crippen LogP) is 2.98. The molecule has 2 atom stereocenters. The van der Waals surface area contributed by atoms with Crippen molar-refractivity contribution in [2.75, 3.05) is 27.7 Å². The fourth-order valence-electron chi connectivity index (χ4n) is 2.99. The summed E-state index contributed by atoms with van der Waals surface area (Å²) in [5, 5.41) is 0. The summed E-state index contributed by atoms with van der Waals surface area (Å²) < 4.78 is 0. The fraction of sp³-hybridized carbons (Fsp3) is 1.00. The summed E-state index contributed by atoms with van der Waals surface area (Å²) >= 11 is 0. The molecule has 1 saturated carbocycles. The van der Waals surface area contributed by atoms with Gasteiger partial charge in [-0.3, -0.25) is 0 Å². The molecule has 0 aliphatic heterocycles. The third-order valence-corrected chi connectivity index (χ3v) is 4.04. The van der Waals surface area contributed by atoms with Gasteiger partial charge in [-0.2, -0.15) is 0 Å². The molecule has 1 fully saturated rings. The van der Waals surface area contributed by atoms with Gasteiger partial charge in [0, 0.05) is 12.1 Å². The van der Waals surface area contributed by atoms with Crippen LogP contribution >= 0.6 is 0 Å². The van der Waals surface area contributed by atoms with Crippen molar-refractivity contribution in [2.24, 2.45) is 0 Å². The quantitative estimate of drug-likeness (QED) is 0.642. The van der Waals surface area contributed by atoms with Gasteiger partial charge >= 0.3 is 0 Å². The number of hydrogen-bond acceptors (Lipinski definition) is 2. The Hall–Kier alpha value is -0.0800. The number of rotatable bonds is 6. The lowest BCUT2D eigenvalue weighted by Gasteiger charge is -2.41. The normalized spacial score (nSPS) is 26.6. The fourth-order valence-corrected chi connectivity index (χ4v) is 2.99. The van der Waals surface area contributed by atoms with Crippen LogP contribution in [-0.4, -0.2) is 49.6 Å². The van der Waals surface area contributed by atoms with Gasteiger partial charge in [0.1, 0.15) is 0 Å². The summed E-state index contributed by atoms with van der Waals surface area (Å²) in [4.78, 5) is 5.04. The smallest absolute Gasteiger partial charge is 0.0248 e. The molecule has 0 unspecified atom stereocenters. The molecule has 0 saturated heterocycles. The Balaban J connectivity index is 2.40. The molecule has 0 amide bonds. The van der Waals surface area contributed by atoms with E-state index >= 15 is 0 Å². The van der Waals surface area contributed by atoms with Gasteiger partial charge in [-0.25, -0.2) is 0 Å². The summed E-state index contributed by atoms with van der Waals surface area (Å²) in [5.74, 6) is 0. The van der Waals surface area contributed by atoms with E-state index in [1.165, 1.54) is 51.5 Å². The van der Waals surface area contributed by atoms with Crippen LogP contribution in [0.4, 0.5) is 0 Å². The van der Waals surface area contributed by atoms with E-state index in [-0.39, 0.29) is 0 Å². The first-order chi connectivity index (χ1) is 7.66. The van der Waals surface area contributed by atoms with E-state index in [0.29, 0.717) is 0 Å². The van der Waals surface area contributed by atoms with Crippen molar-refractivity contribution >= 4 is 0 Å². The molecule has 96 valence electrons. The lowest BCUT2D eigenvalue weighted by molar-refractivity contribution is 0.0912. The molecule has 16 heavy (non-hydrogen) atoms. The number of unbranched alkanes of at least 4 members (excludes halogenated alkanes) is 2. The van der Waals surface area contributed by atoms with Crippen LogP contribution in [0.2, 0.25) is 0 Å². The summed E-state index contributed by atoms with van der Waals surface area (Å²) in [6.45, 7) is 3.56. The van der Waals surface area contributed by atoms with Crippen molar-refractivity contribution in [2.45, 2.75) is 64.0 Å². The molecular formula is C14H30N2. The van der Waals surface area contributed by atoms with E-state index in [1.807, 2.05) is 0 Å². The summed E-state index contributed by atoms with van der Waals surface area (Å²) in [6.07, 6.45) is 9.69. The van der Waals surface area contributed by atoms with Gasteiger partial charge in [-0.05, 0) is 47.0 Å². The Kier molecular flexibility index (Phi) is 6.37. The van der Waals surface area contributed by atoms with E-state index in [9.17, 15) is 0 Å². The van der Waals surface area contributed by atoms with Gasteiger partial charge in [0.2, 0.25) is 0 Å². The molecule has 2 heteroatoms. The first-order valence-corrected chi connectivity index (χ1v) is 7.03. The van der Waals surface area contributed by atoms with E-state index in [0.717, 1.165) is 12.1 Å². The van der Waals surface area contributed by atoms with Crippen LogP contribution in [0.5, 0.6) is 0 Å². The minimum atomic E-state index is 0.778. The lowest BCUT2D eigenvalue weighted by Crippen LogP contribution is -2.50. The molecule has 0 radical (unpaired) electrons. The van der Waals surface area contributed by atoms with E-state index in [4.69, 9.17) is 0 Å². The van der Waals surface area contributed by atoms with Crippen molar-refractivity contribution in [3.63, 3.8) is 0 Å². The van der Waals surface area contributed by atoms with Crippen molar-refractivity contribution < 1.29 is 0 Å². The van der Waals surface area contributed by atoms with Crippen LogP contribution in [0.1, 0.15) is 51.9 Å². The SMILES string of the molecule is CCCCCN(C)[C@@H]1CCCC[C@H]1N(C)C. The average molecular weight is 226 g/mol. The van der Waals surface area contributed by atoms with Crippen LogP contribution in [0.25, 0.3) is 0 Å². The van der Waals surface area contributed by atoms with Crippen molar-refractivity contribution in [3.05, 3.63) is 0 Å². The predicted molar refractivity (Wildman–Crippen MR) is 71.9 cm³/mol. The van der Waals surface area contributed by atoms with Crippen molar-refractivity contribution in [3.8, 4) is 0 Å². The van der Waals surface area contributed by atoms with E-state index in [1.54, 1.807) is 0 Å². The highest BCUT2D eigenvalue weighted by Gasteiger charge is 2.29. The minimum Gasteiger partial charge on any atom is -0.305 e. The Morgan fingerprint density at radius 3 is 2.12 bits per heavy atom. The molecule has 1 rings (SSSR count). The monoisotopic (exact) mass is 226 g/mol. The first kappa shape index (κ1) is 14.0. The van der Waals surface area contributed by atoms with Gasteiger partial charge in [0.05, 0.1) is 0 Å². The van der Waals surface area contributed by atoms with Crippen LogP contribution in [-0.2, 0) is 0 Å². The van der Waals surface area contributed by atoms with E-state index < -0.39 is 0 Å². The molecule has 0 spiro atoms. The Bertz CT molecular complexity index is 180. The van der Waals surface area contributed by atoms with Crippen LogP contribution < -0.4 is 0 Å².